The second-order valence-electron chi connectivity index (χ2n) is 4.98. The molecular weight excluding hydrogens is 262 g/mol. The molecule has 1 aromatic heterocycles. The smallest absolute Gasteiger partial charge is 0.233 e. The van der Waals surface area contributed by atoms with Crippen LogP contribution < -0.4 is 11.1 Å². The highest BCUT2D eigenvalue weighted by Crippen LogP contribution is 2.26. The first-order valence-corrected chi connectivity index (χ1v) is 6.68. The fourth-order valence-electron chi connectivity index (χ4n) is 1.98. The lowest BCUT2D eigenvalue weighted by Gasteiger charge is -2.27. The molecule has 106 valence electrons. The van der Waals surface area contributed by atoms with Gasteiger partial charge in [-0.2, -0.15) is 0 Å². The van der Waals surface area contributed by atoms with Gasteiger partial charge in [-0.3, -0.25) is 4.79 Å². The highest BCUT2D eigenvalue weighted by Gasteiger charge is 2.35. The van der Waals surface area contributed by atoms with Crippen molar-refractivity contribution in [1.82, 2.24) is 10.5 Å². The third kappa shape index (κ3) is 2.94. The lowest BCUT2D eigenvalue weighted by Crippen LogP contribution is -2.47. The van der Waals surface area contributed by atoms with Gasteiger partial charge in [0.15, 0.2) is 0 Å². The van der Waals surface area contributed by atoms with Gasteiger partial charge in [0.1, 0.15) is 5.76 Å². The van der Waals surface area contributed by atoms with E-state index in [1.807, 2.05) is 27.7 Å². The van der Waals surface area contributed by atoms with E-state index in [1.165, 1.54) is 0 Å². The average molecular weight is 283 g/mol. The minimum absolute atomic E-state index is 0.171. The van der Waals surface area contributed by atoms with Gasteiger partial charge in [0.2, 0.25) is 5.91 Å². The highest BCUT2D eigenvalue weighted by atomic mass is 32.1. The van der Waals surface area contributed by atoms with Crippen LogP contribution in [0.4, 0.5) is 0 Å². The van der Waals surface area contributed by atoms with E-state index in [1.54, 1.807) is 6.92 Å². The van der Waals surface area contributed by atoms with Gasteiger partial charge < -0.3 is 15.6 Å². The number of nitrogens with zero attached hydrogens (tertiary/aromatic N) is 1. The molecule has 1 heterocycles. The molecule has 5 nitrogen and oxygen atoms in total. The molecule has 0 aliphatic carbocycles. The average Bonchev–Trinajstić information content (AvgIpc) is 2.67. The Bertz CT molecular complexity index is 479. The Labute approximate surface area is 118 Å². The van der Waals surface area contributed by atoms with Gasteiger partial charge in [-0.15, -0.1) is 0 Å². The molecule has 0 saturated heterocycles. The number of thiocarbonyl (C=S) groups is 1. The summed E-state index contributed by atoms with van der Waals surface area (Å²) in [5.74, 6) is 0.536. The molecular formula is C13H21N3O2S. The van der Waals surface area contributed by atoms with Crippen LogP contribution in [0.5, 0.6) is 0 Å². The maximum absolute atomic E-state index is 12.3. The molecule has 1 rings (SSSR count). The minimum Gasteiger partial charge on any atom is -0.392 e. The molecule has 0 aliphatic rings. The molecule has 0 spiro atoms. The predicted molar refractivity (Wildman–Crippen MR) is 77.7 cm³/mol. The summed E-state index contributed by atoms with van der Waals surface area (Å²) < 4.78 is 5.11. The summed E-state index contributed by atoms with van der Waals surface area (Å²) in [4.78, 5) is 12.5. The summed E-state index contributed by atoms with van der Waals surface area (Å²) >= 11 is 5.00. The number of rotatable bonds is 5. The van der Waals surface area contributed by atoms with Crippen molar-refractivity contribution in [2.45, 2.75) is 47.1 Å². The number of nitrogens with one attached hydrogen (secondary N) is 1. The number of aryl methyl sites for hydroxylation is 2. The maximum Gasteiger partial charge on any atom is 0.233 e. The van der Waals surface area contributed by atoms with Crippen LogP contribution >= 0.6 is 12.2 Å². The first kappa shape index (κ1) is 15.6. The zero-order valence-electron chi connectivity index (χ0n) is 12.0. The zero-order chi connectivity index (χ0) is 14.8. The largest absolute Gasteiger partial charge is 0.392 e. The molecule has 0 fully saturated rings. The molecule has 1 aromatic rings. The van der Waals surface area contributed by atoms with E-state index >= 15 is 0 Å². The van der Waals surface area contributed by atoms with Crippen molar-refractivity contribution in [3.63, 3.8) is 0 Å². The molecule has 0 saturated carbocycles. The van der Waals surface area contributed by atoms with Gasteiger partial charge in [0.25, 0.3) is 0 Å². The standard InChI is InChI=1S/C13H21N3O2S/c1-6-13(5,11(14)19)12(17)15-7(2)10-8(3)16-18-9(10)4/h7H,6H2,1-5H3,(H2,14,19)(H,15,17). The molecule has 0 aromatic carbocycles. The third-order valence-electron chi connectivity index (χ3n) is 3.62. The third-order valence-corrected chi connectivity index (χ3v) is 4.07. The summed E-state index contributed by atoms with van der Waals surface area (Å²) in [6.07, 6.45) is 0.558. The monoisotopic (exact) mass is 283 g/mol. The van der Waals surface area contributed by atoms with E-state index < -0.39 is 5.41 Å². The summed E-state index contributed by atoms with van der Waals surface area (Å²) in [6.45, 7) is 9.20. The Morgan fingerprint density at radius 1 is 1.58 bits per heavy atom. The van der Waals surface area contributed by atoms with Crippen molar-refractivity contribution in [3.05, 3.63) is 17.0 Å². The quantitative estimate of drug-likeness (QED) is 0.809. The Morgan fingerprint density at radius 3 is 2.53 bits per heavy atom. The summed E-state index contributed by atoms with van der Waals surface area (Å²) in [7, 11) is 0. The molecule has 1 amide bonds. The van der Waals surface area contributed by atoms with Gasteiger partial charge in [0, 0.05) is 5.56 Å². The Balaban J connectivity index is 2.91. The Morgan fingerprint density at radius 2 is 2.16 bits per heavy atom. The van der Waals surface area contributed by atoms with E-state index in [9.17, 15) is 4.79 Å². The first-order chi connectivity index (χ1) is 8.74. The number of nitrogens with two attached hydrogens (primary N) is 1. The van der Waals surface area contributed by atoms with Crippen LogP contribution in [0.2, 0.25) is 0 Å². The van der Waals surface area contributed by atoms with Crippen LogP contribution in [0.25, 0.3) is 0 Å². The van der Waals surface area contributed by atoms with Crippen LogP contribution in [0.3, 0.4) is 0 Å². The maximum atomic E-state index is 12.3. The minimum atomic E-state index is -0.831. The topological polar surface area (TPSA) is 81.2 Å². The molecule has 2 unspecified atom stereocenters. The second kappa shape index (κ2) is 5.69. The van der Waals surface area contributed by atoms with Crippen LogP contribution in [0, 0.1) is 19.3 Å². The molecule has 3 N–H and O–H groups in total. The molecule has 19 heavy (non-hydrogen) atoms. The molecule has 0 aliphatic heterocycles. The van der Waals surface area contributed by atoms with Gasteiger partial charge >= 0.3 is 0 Å². The van der Waals surface area contributed by atoms with Crippen molar-refractivity contribution in [1.29, 1.82) is 0 Å². The number of amides is 1. The van der Waals surface area contributed by atoms with Crippen molar-refractivity contribution in [2.24, 2.45) is 11.1 Å². The summed E-state index contributed by atoms with van der Waals surface area (Å²) in [6, 6.07) is -0.195. The van der Waals surface area contributed by atoms with Crippen molar-refractivity contribution in [2.75, 3.05) is 0 Å². The SMILES string of the molecule is CCC(C)(C(=O)NC(C)c1c(C)noc1C)C(N)=S. The lowest BCUT2D eigenvalue weighted by molar-refractivity contribution is -0.127. The molecule has 0 bridgehead atoms. The van der Waals surface area contributed by atoms with Gasteiger partial charge in [0.05, 0.1) is 22.1 Å². The lowest BCUT2D eigenvalue weighted by atomic mass is 9.86. The van der Waals surface area contributed by atoms with E-state index in [-0.39, 0.29) is 16.9 Å². The van der Waals surface area contributed by atoms with Crippen molar-refractivity contribution in [3.8, 4) is 0 Å². The fraction of sp³-hybridized carbons (Fsp3) is 0.615. The Hall–Kier alpha value is -1.43. The molecule has 6 heteroatoms. The summed E-state index contributed by atoms with van der Waals surface area (Å²) in [5.41, 5.74) is 6.52. The number of aromatic nitrogens is 1. The summed E-state index contributed by atoms with van der Waals surface area (Å²) in [5, 5.41) is 6.82. The zero-order valence-corrected chi connectivity index (χ0v) is 12.9. The van der Waals surface area contributed by atoms with E-state index in [4.69, 9.17) is 22.5 Å². The number of carbonyl (C=O) groups excluding carboxylic acids is 1. The number of carbonyl (C=O) groups is 1. The normalized spacial score (nSPS) is 15.6. The van der Waals surface area contributed by atoms with Gasteiger partial charge in [-0.1, -0.05) is 24.3 Å². The van der Waals surface area contributed by atoms with Crippen LogP contribution in [-0.4, -0.2) is 16.1 Å². The number of hydrogen-bond donors (Lipinski definition) is 2. The predicted octanol–water partition coefficient (Wildman–Crippen LogP) is 2.17. The first-order valence-electron chi connectivity index (χ1n) is 6.27. The Kier molecular flexibility index (Phi) is 4.68. The number of hydrogen-bond acceptors (Lipinski definition) is 4. The van der Waals surface area contributed by atoms with E-state index in [0.29, 0.717) is 12.2 Å². The van der Waals surface area contributed by atoms with E-state index in [2.05, 4.69) is 10.5 Å². The van der Waals surface area contributed by atoms with Gasteiger partial charge in [-0.05, 0) is 34.1 Å². The second-order valence-corrected chi connectivity index (χ2v) is 5.42. The van der Waals surface area contributed by atoms with Crippen LogP contribution in [0.1, 0.15) is 50.3 Å². The highest BCUT2D eigenvalue weighted by molar-refractivity contribution is 7.80. The van der Waals surface area contributed by atoms with Crippen LogP contribution in [0.15, 0.2) is 4.52 Å². The van der Waals surface area contributed by atoms with Crippen molar-refractivity contribution >= 4 is 23.1 Å². The van der Waals surface area contributed by atoms with Gasteiger partial charge in [-0.25, -0.2) is 0 Å². The molecule has 0 radical (unpaired) electrons. The molecule has 2 atom stereocenters. The van der Waals surface area contributed by atoms with Crippen LogP contribution in [-0.2, 0) is 4.79 Å². The van der Waals surface area contributed by atoms with Crippen molar-refractivity contribution < 1.29 is 9.32 Å². The van der Waals surface area contributed by atoms with E-state index in [0.717, 1.165) is 11.3 Å². The fourth-order valence-corrected chi connectivity index (χ4v) is 2.22.